The van der Waals surface area contributed by atoms with Crippen LogP contribution in [0.1, 0.15) is 32.6 Å². The zero-order valence-corrected chi connectivity index (χ0v) is 14.4. The first-order chi connectivity index (χ1) is 11.8. The Morgan fingerprint density at radius 2 is 1.88 bits per heavy atom. The van der Waals surface area contributed by atoms with Crippen LogP contribution < -0.4 is 10.1 Å². The number of aromatic hydroxyl groups is 1. The lowest BCUT2D eigenvalue weighted by molar-refractivity contribution is 0.0489. The van der Waals surface area contributed by atoms with E-state index >= 15 is 0 Å². The zero-order chi connectivity index (χ0) is 18.4. The molecule has 1 aromatic carbocycles. The third-order valence-electron chi connectivity index (χ3n) is 3.04. The van der Waals surface area contributed by atoms with E-state index in [1.807, 2.05) is 0 Å². The van der Waals surface area contributed by atoms with Gasteiger partial charge in [0, 0.05) is 6.20 Å². The maximum absolute atomic E-state index is 11.7. The molecule has 2 aromatic rings. The predicted octanol–water partition coefficient (Wildman–Crippen LogP) is 3.14. The summed E-state index contributed by atoms with van der Waals surface area (Å²) < 4.78 is 10.8. The summed E-state index contributed by atoms with van der Waals surface area (Å²) in [4.78, 5) is 15.8. The summed E-state index contributed by atoms with van der Waals surface area (Å²) in [7, 11) is 0. The Bertz CT molecular complexity index is 727. The molecule has 0 aliphatic heterocycles. The molecule has 134 valence electrons. The molecule has 1 heterocycles. The van der Waals surface area contributed by atoms with Gasteiger partial charge < -0.3 is 25.0 Å². The molecular weight excluding hydrogens is 324 g/mol. The highest BCUT2D eigenvalue weighted by molar-refractivity contribution is 5.67. The summed E-state index contributed by atoms with van der Waals surface area (Å²) in [6.45, 7) is 5.16. The van der Waals surface area contributed by atoms with Crippen molar-refractivity contribution < 1.29 is 24.5 Å². The van der Waals surface area contributed by atoms with Crippen LogP contribution in [-0.2, 0) is 4.74 Å². The van der Waals surface area contributed by atoms with Gasteiger partial charge in [0.25, 0.3) is 0 Å². The van der Waals surface area contributed by atoms with Gasteiger partial charge in [0.15, 0.2) is 17.2 Å². The van der Waals surface area contributed by atoms with Gasteiger partial charge in [-0.1, -0.05) is 12.1 Å². The number of amides is 1. The fourth-order valence-corrected chi connectivity index (χ4v) is 1.99. The van der Waals surface area contributed by atoms with Gasteiger partial charge >= 0.3 is 6.09 Å². The molecule has 0 spiro atoms. The van der Waals surface area contributed by atoms with Gasteiger partial charge in [0.1, 0.15) is 17.4 Å². The van der Waals surface area contributed by atoms with Crippen LogP contribution in [0.3, 0.4) is 0 Å². The smallest absolute Gasteiger partial charge is 0.407 e. The number of phenolic OH excluding ortho intramolecular Hbond substituents is 1. The molecule has 1 amide bonds. The maximum Gasteiger partial charge on any atom is 0.407 e. The van der Waals surface area contributed by atoms with Gasteiger partial charge in [-0.3, -0.25) is 4.98 Å². The minimum Gasteiger partial charge on any atom is -0.504 e. The second kappa shape index (κ2) is 7.85. The van der Waals surface area contributed by atoms with Gasteiger partial charge in [-0.05, 0) is 45.0 Å². The summed E-state index contributed by atoms with van der Waals surface area (Å²) in [5.74, 6) is 0.491. The molecule has 0 aliphatic rings. The fraction of sp³-hybridized carbons (Fsp3) is 0.333. The van der Waals surface area contributed by atoms with Crippen molar-refractivity contribution in [2.75, 3.05) is 6.54 Å². The zero-order valence-electron chi connectivity index (χ0n) is 14.4. The van der Waals surface area contributed by atoms with Crippen molar-refractivity contribution in [3.63, 3.8) is 0 Å². The number of benzene rings is 1. The lowest BCUT2D eigenvalue weighted by atomic mass is 10.2. The molecule has 1 unspecified atom stereocenters. The van der Waals surface area contributed by atoms with E-state index in [-0.39, 0.29) is 29.5 Å². The van der Waals surface area contributed by atoms with E-state index in [0.717, 1.165) is 0 Å². The molecule has 1 atom stereocenters. The van der Waals surface area contributed by atoms with E-state index in [1.54, 1.807) is 51.1 Å². The van der Waals surface area contributed by atoms with Crippen molar-refractivity contribution in [1.29, 1.82) is 0 Å². The number of aromatic nitrogens is 1. The molecule has 7 nitrogen and oxygen atoms in total. The first kappa shape index (κ1) is 18.5. The van der Waals surface area contributed by atoms with E-state index < -0.39 is 17.8 Å². The Labute approximate surface area is 146 Å². The number of hydrogen-bond acceptors (Lipinski definition) is 6. The van der Waals surface area contributed by atoms with Crippen molar-refractivity contribution in [2.45, 2.75) is 32.5 Å². The van der Waals surface area contributed by atoms with Crippen LogP contribution in [0.25, 0.3) is 0 Å². The molecule has 0 radical (unpaired) electrons. The number of aliphatic hydroxyl groups is 1. The normalized spacial score (nSPS) is 12.3. The number of nitrogens with one attached hydrogen (secondary N) is 1. The number of rotatable bonds is 5. The van der Waals surface area contributed by atoms with Crippen LogP contribution in [0, 0.1) is 0 Å². The van der Waals surface area contributed by atoms with Gasteiger partial charge in [-0.25, -0.2) is 4.79 Å². The minimum absolute atomic E-state index is 0.0290. The molecule has 7 heteroatoms. The number of alkyl carbamates (subject to hydrolysis) is 1. The van der Waals surface area contributed by atoms with Gasteiger partial charge in [0.2, 0.25) is 0 Å². The number of hydrogen-bond donors (Lipinski definition) is 3. The fourth-order valence-electron chi connectivity index (χ4n) is 1.99. The average Bonchev–Trinajstić information content (AvgIpc) is 2.54. The molecule has 1 aromatic heterocycles. The second-order valence-electron chi connectivity index (χ2n) is 6.36. The maximum atomic E-state index is 11.7. The number of carbonyl (C=O) groups excluding carboxylic acids is 1. The third kappa shape index (κ3) is 5.65. The minimum atomic E-state index is -1.10. The van der Waals surface area contributed by atoms with Crippen LogP contribution in [0.15, 0.2) is 42.6 Å². The Morgan fingerprint density at radius 1 is 1.20 bits per heavy atom. The Hall–Kier alpha value is -2.80. The number of phenols is 1. The monoisotopic (exact) mass is 346 g/mol. The highest BCUT2D eigenvalue weighted by Gasteiger charge is 2.20. The van der Waals surface area contributed by atoms with E-state index in [1.165, 1.54) is 12.3 Å². The first-order valence-electron chi connectivity index (χ1n) is 7.82. The molecule has 0 bridgehead atoms. The number of aliphatic hydroxyl groups excluding tert-OH is 1. The lowest BCUT2D eigenvalue weighted by Crippen LogP contribution is -2.35. The molecule has 0 fully saturated rings. The molecule has 2 rings (SSSR count). The predicted molar refractivity (Wildman–Crippen MR) is 91.6 cm³/mol. The topological polar surface area (TPSA) is 101 Å². The summed E-state index contributed by atoms with van der Waals surface area (Å²) in [6.07, 6.45) is -0.232. The van der Waals surface area contributed by atoms with Crippen LogP contribution in [-0.4, -0.2) is 33.4 Å². The van der Waals surface area contributed by atoms with Gasteiger partial charge in [-0.2, -0.15) is 0 Å². The molecule has 0 aliphatic carbocycles. The van der Waals surface area contributed by atoms with Crippen molar-refractivity contribution >= 4 is 6.09 Å². The van der Waals surface area contributed by atoms with Crippen molar-refractivity contribution in [3.8, 4) is 17.2 Å². The van der Waals surface area contributed by atoms with Crippen molar-refractivity contribution in [3.05, 3.63) is 48.3 Å². The molecule has 0 saturated heterocycles. The largest absolute Gasteiger partial charge is 0.504 e. The Morgan fingerprint density at radius 3 is 2.56 bits per heavy atom. The summed E-state index contributed by atoms with van der Waals surface area (Å²) in [6, 6.07) is 9.74. The van der Waals surface area contributed by atoms with Gasteiger partial charge in [0.05, 0.1) is 6.54 Å². The van der Waals surface area contributed by atoms with E-state index in [2.05, 4.69) is 10.3 Å². The first-order valence-corrected chi connectivity index (χ1v) is 7.82. The third-order valence-corrected chi connectivity index (χ3v) is 3.04. The van der Waals surface area contributed by atoms with Crippen molar-refractivity contribution in [1.82, 2.24) is 10.3 Å². The van der Waals surface area contributed by atoms with E-state index in [9.17, 15) is 15.0 Å². The van der Waals surface area contributed by atoms with Crippen molar-refractivity contribution in [2.24, 2.45) is 0 Å². The number of pyridine rings is 1. The highest BCUT2D eigenvalue weighted by atomic mass is 16.6. The van der Waals surface area contributed by atoms with Crippen LogP contribution in [0.2, 0.25) is 0 Å². The number of nitrogens with zero attached hydrogens (tertiary/aromatic N) is 1. The molecule has 25 heavy (non-hydrogen) atoms. The standard InChI is InChI=1S/C18H22N2O5/c1-18(2,3)25-17(23)20-11-13(22)16-15(9-6-10-19-16)24-14-8-5-4-7-12(14)21/h4-10,13,21-22H,11H2,1-3H3,(H,20,23). The molecule has 3 N–H and O–H groups in total. The number of carbonyl (C=O) groups is 1. The van der Waals surface area contributed by atoms with E-state index in [0.29, 0.717) is 0 Å². The van der Waals surface area contributed by atoms with Crippen LogP contribution in [0.5, 0.6) is 17.2 Å². The lowest BCUT2D eigenvalue weighted by Gasteiger charge is -2.21. The number of ether oxygens (including phenoxy) is 2. The summed E-state index contributed by atoms with van der Waals surface area (Å²) in [5.41, 5.74) is -0.388. The highest BCUT2D eigenvalue weighted by Crippen LogP contribution is 2.33. The second-order valence-corrected chi connectivity index (χ2v) is 6.36. The quantitative estimate of drug-likeness (QED) is 0.769. The van der Waals surface area contributed by atoms with Crippen LogP contribution >= 0.6 is 0 Å². The Balaban J connectivity index is 2.06. The average molecular weight is 346 g/mol. The number of para-hydroxylation sites is 2. The summed E-state index contributed by atoms with van der Waals surface area (Å²) >= 11 is 0. The Kier molecular flexibility index (Phi) is 5.82. The van der Waals surface area contributed by atoms with E-state index in [4.69, 9.17) is 9.47 Å². The molecule has 0 saturated carbocycles. The van der Waals surface area contributed by atoms with Gasteiger partial charge in [-0.15, -0.1) is 0 Å². The van der Waals surface area contributed by atoms with Crippen LogP contribution in [0.4, 0.5) is 4.79 Å². The molecular formula is C18H22N2O5. The summed E-state index contributed by atoms with van der Waals surface area (Å²) in [5, 5.41) is 22.6. The SMILES string of the molecule is CC(C)(C)OC(=O)NCC(O)c1ncccc1Oc1ccccc1O.